The van der Waals surface area contributed by atoms with Crippen molar-refractivity contribution in [3.05, 3.63) is 0 Å². The van der Waals surface area contributed by atoms with E-state index in [0.717, 1.165) is 6.42 Å². The number of β-amino-alcohol motifs (C(OH)–C–C–N with tert-alkyl or cyclic N) is 1. The number of nitrogens with one attached hydrogen (secondary N) is 1. The van der Waals surface area contributed by atoms with E-state index in [1.54, 1.807) is 0 Å². The van der Waals surface area contributed by atoms with Gasteiger partial charge in [-0.1, -0.05) is 0 Å². The van der Waals surface area contributed by atoms with Crippen molar-refractivity contribution in [1.82, 2.24) is 10.2 Å². The Bertz CT molecular complexity index is 356. The first-order valence-corrected chi connectivity index (χ1v) is 6.54. The number of nitrogens with zero attached hydrogens (tertiary/aromatic N) is 1. The summed E-state index contributed by atoms with van der Waals surface area (Å²) in [5, 5.41) is 21.4. The molecule has 0 aromatic heterocycles. The molecule has 3 N–H and O–H groups in total. The van der Waals surface area contributed by atoms with Gasteiger partial charge in [0.05, 0.1) is 12.7 Å². The van der Waals surface area contributed by atoms with E-state index in [1.807, 2.05) is 6.92 Å². The second kappa shape index (κ2) is 5.75. The molecule has 0 aromatic carbocycles. The fraction of sp³-hybridized carbons (Fsp3) is 0.833. The van der Waals surface area contributed by atoms with Gasteiger partial charge in [0.25, 0.3) is 0 Å². The molecule has 4 unspecified atom stereocenters. The molecule has 108 valence electrons. The number of carboxylic acid groups (broad SMARTS) is 1. The van der Waals surface area contributed by atoms with Crippen molar-refractivity contribution >= 4 is 12.0 Å². The van der Waals surface area contributed by atoms with Crippen molar-refractivity contribution in [3.8, 4) is 0 Å². The van der Waals surface area contributed by atoms with Crippen LogP contribution >= 0.6 is 0 Å². The monoisotopic (exact) mass is 272 g/mol. The molecule has 7 nitrogen and oxygen atoms in total. The molecule has 2 aliphatic rings. The molecule has 0 aliphatic carbocycles. The third-order valence-corrected chi connectivity index (χ3v) is 3.85. The fourth-order valence-corrected chi connectivity index (χ4v) is 2.61. The summed E-state index contributed by atoms with van der Waals surface area (Å²) in [6.45, 7) is 3.27. The Morgan fingerprint density at radius 2 is 2.21 bits per heavy atom. The lowest BCUT2D eigenvalue weighted by Gasteiger charge is -2.26. The van der Waals surface area contributed by atoms with Crippen molar-refractivity contribution < 1.29 is 24.5 Å². The highest BCUT2D eigenvalue weighted by Crippen LogP contribution is 2.20. The van der Waals surface area contributed by atoms with Crippen LogP contribution in [-0.2, 0) is 9.53 Å². The van der Waals surface area contributed by atoms with Crippen LogP contribution in [0.2, 0.25) is 0 Å². The first kappa shape index (κ1) is 14.1. The van der Waals surface area contributed by atoms with Crippen LogP contribution in [0.15, 0.2) is 0 Å². The first-order chi connectivity index (χ1) is 8.99. The standard InChI is InChI=1S/C12H20N2O5/c1-7(8-2-3-19-6-8)13-12(18)14-5-9(15)4-10(14)11(16)17/h7-10,15H,2-6H2,1H3,(H,13,18)(H,16,17). The topological polar surface area (TPSA) is 99.1 Å². The quantitative estimate of drug-likeness (QED) is 0.651. The summed E-state index contributed by atoms with van der Waals surface area (Å²) in [6, 6.07) is -1.44. The third-order valence-electron chi connectivity index (χ3n) is 3.85. The molecule has 2 amide bonds. The number of rotatable bonds is 3. The number of amides is 2. The first-order valence-electron chi connectivity index (χ1n) is 6.54. The summed E-state index contributed by atoms with van der Waals surface area (Å²) < 4.78 is 5.26. The average molecular weight is 272 g/mol. The molecule has 0 saturated carbocycles. The van der Waals surface area contributed by atoms with Gasteiger partial charge in [-0.2, -0.15) is 0 Å². The van der Waals surface area contributed by atoms with E-state index < -0.39 is 24.1 Å². The number of aliphatic carboxylic acids is 1. The summed E-state index contributed by atoms with van der Waals surface area (Å²) >= 11 is 0. The molecule has 2 heterocycles. The molecule has 4 atom stereocenters. The Hall–Kier alpha value is -1.34. The smallest absolute Gasteiger partial charge is 0.326 e. The lowest BCUT2D eigenvalue weighted by molar-refractivity contribution is -0.141. The number of carboxylic acids is 1. The number of hydrogen-bond donors (Lipinski definition) is 3. The summed E-state index contributed by atoms with van der Waals surface area (Å²) in [5.74, 6) is -0.816. The van der Waals surface area contributed by atoms with Gasteiger partial charge in [0.15, 0.2) is 0 Å². The summed E-state index contributed by atoms with van der Waals surface area (Å²) in [6.07, 6.45) is 0.216. The zero-order chi connectivity index (χ0) is 14.0. The van der Waals surface area contributed by atoms with Crippen LogP contribution in [0.4, 0.5) is 4.79 Å². The van der Waals surface area contributed by atoms with Crippen LogP contribution in [0, 0.1) is 5.92 Å². The van der Waals surface area contributed by atoms with Crippen molar-refractivity contribution in [2.24, 2.45) is 5.92 Å². The van der Waals surface area contributed by atoms with E-state index >= 15 is 0 Å². The SMILES string of the molecule is CC(NC(=O)N1CC(O)CC1C(=O)O)C1CCOC1. The summed E-state index contributed by atoms with van der Waals surface area (Å²) in [5.41, 5.74) is 0. The number of ether oxygens (including phenoxy) is 1. The molecular weight excluding hydrogens is 252 g/mol. The highest BCUT2D eigenvalue weighted by molar-refractivity contribution is 5.83. The van der Waals surface area contributed by atoms with E-state index in [0.29, 0.717) is 13.2 Å². The molecule has 2 fully saturated rings. The second-order valence-corrected chi connectivity index (χ2v) is 5.26. The maximum Gasteiger partial charge on any atom is 0.326 e. The molecule has 0 aromatic rings. The molecular formula is C12H20N2O5. The second-order valence-electron chi connectivity index (χ2n) is 5.26. The molecule has 2 rings (SSSR count). The van der Waals surface area contributed by atoms with Gasteiger partial charge in [0, 0.05) is 31.5 Å². The van der Waals surface area contributed by atoms with Gasteiger partial charge < -0.3 is 25.2 Å². The zero-order valence-electron chi connectivity index (χ0n) is 10.9. The van der Waals surface area contributed by atoms with E-state index in [1.165, 1.54) is 4.90 Å². The van der Waals surface area contributed by atoms with Gasteiger partial charge in [0.2, 0.25) is 0 Å². The number of likely N-dealkylation sites (tertiary alicyclic amines) is 1. The highest BCUT2D eigenvalue weighted by atomic mass is 16.5. The molecule has 2 aliphatic heterocycles. The van der Waals surface area contributed by atoms with Gasteiger partial charge in [-0.25, -0.2) is 9.59 Å². The van der Waals surface area contributed by atoms with Gasteiger partial charge in [-0.3, -0.25) is 0 Å². The van der Waals surface area contributed by atoms with E-state index in [4.69, 9.17) is 9.84 Å². The highest BCUT2D eigenvalue weighted by Gasteiger charge is 2.39. The summed E-state index contributed by atoms with van der Waals surface area (Å²) in [7, 11) is 0. The fourth-order valence-electron chi connectivity index (χ4n) is 2.61. The van der Waals surface area contributed by atoms with E-state index in [9.17, 15) is 14.7 Å². The number of aliphatic hydroxyl groups is 1. The van der Waals surface area contributed by atoms with Gasteiger partial charge in [-0.05, 0) is 13.3 Å². The minimum Gasteiger partial charge on any atom is -0.480 e. The maximum atomic E-state index is 12.1. The number of hydrogen-bond acceptors (Lipinski definition) is 4. The lowest BCUT2D eigenvalue weighted by Crippen LogP contribution is -2.50. The Kier molecular flexibility index (Phi) is 4.26. The molecule has 0 bridgehead atoms. The van der Waals surface area contributed by atoms with Gasteiger partial charge in [-0.15, -0.1) is 0 Å². The Morgan fingerprint density at radius 1 is 1.47 bits per heavy atom. The van der Waals surface area contributed by atoms with E-state index in [2.05, 4.69) is 5.32 Å². The molecule has 2 saturated heterocycles. The average Bonchev–Trinajstić information content (AvgIpc) is 2.96. The van der Waals surface area contributed by atoms with Crippen LogP contribution in [0.25, 0.3) is 0 Å². The Labute approximate surface area is 111 Å². The number of carbonyl (C=O) groups is 2. The Balaban J connectivity index is 1.92. The number of carbonyl (C=O) groups excluding carboxylic acids is 1. The molecule has 7 heteroatoms. The minimum atomic E-state index is -1.08. The Morgan fingerprint density at radius 3 is 2.79 bits per heavy atom. The third kappa shape index (κ3) is 3.16. The number of urea groups is 1. The van der Waals surface area contributed by atoms with E-state index in [-0.39, 0.29) is 24.9 Å². The molecule has 19 heavy (non-hydrogen) atoms. The van der Waals surface area contributed by atoms with Crippen molar-refractivity contribution in [2.45, 2.75) is 38.0 Å². The zero-order valence-corrected chi connectivity index (χ0v) is 10.9. The van der Waals surface area contributed by atoms with Crippen molar-refractivity contribution in [2.75, 3.05) is 19.8 Å². The van der Waals surface area contributed by atoms with Crippen LogP contribution in [-0.4, -0.2) is 65.1 Å². The van der Waals surface area contributed by atoms with Crippen LogP contribution < -0.4 is 5.32 Å². The van der Waals surface area contributed by atoms with Gasteiger partial charge >= 0.3 is 12.0 Å². The van der Waals surface area contributed by atoms with Crippen LogP contribution in [0.5, 0.6) is 0 Å². The largest absolute Gasteiger partial charge is 0.480 e. The van der Waals surface area contributed by atoms with Crippen molar-refractivity contribution in [3.63, 3.8) is 0 Å². The van der Waals surface area contributed by atoms with Crippen LogP contribution in [0.1, 0.15) is 19.8 Å². The lowest BCUT2D eigenvalue weighted by atomic mass is 10.0. The molecule has 0 spiro atoms. The maximum absolute atomic E-state index is 12.1. The minimum absolute atomic E-state index is 0.0662. The predicted molar refractivity (Wildman–Crippen MR) is 65.7 cm³/mol. The molecule has 0 radical (unpaired) electrons. The normalized spacial score (nSPS) is 32.3. The number of aliphatic hydroxyl groups excluding tert-OH is 1. The summed E-state index contributed by atoms with van der Waals surface area (Å²) in [4.78, 5) is 24.3. The predicted octanol–water partition coefficient (Wildman–Crippen LogP) is -0.359. The van der Waals surface area contributed by atoms with Gasteiger partial charge in [0.1, 0.15) is 6.04 Å². The van der Waals surface area contributed by atoms with Crippen molar-refractivity contribution in [1.29, 1.82) is 0 Å². The van der Waals surface area contributed by atoms with Crippen LogP contribution in [0.3, 0.4) is 0 Å².